The van der Waals surface area contributed by atoms with E-state index in [0.29, 0.717) is 36.7 Å². The molecule has 0 aliphatic rings. The lowest BCUT2D eigenvalue weighted by molar-refractivity contribution is 0.252. The van der Waals surface area contributed by atoms with Crippen LogP contribution in [-0.4, -0.2) is 27.2 Å². The van der Waals surface area contributed by atoms with Crippen LogP contribution in [0.2, 0.25) is 0 Å². The molecule has 0 fully saturated rings. The van der Waals surface area contributed by atoms with Gasteiger partial charge in [0.05, 0.1) is 12.0 Å². The predicted molar refractivity (Wildman–Crippen MR) is 157 cm³/mol. The number of phenols is 1. The van der Waals surface area contributed by atoms with Crippen molar-refractivity contribution in [2.24, 2.45) is 0 Å². The van der Waals surface area contributed by atoms with Crippen LogP contribution in [0, 0.1) is 5.82 Å². The molecule has 4 rings (SSSR count). The number of carbonyl (C=O) groups excluding carboxylic acids is 1. The van der Waals surface area contributed by atoms with E-state index in [2.05, 4.69) is 15.6 Å². The fourth-order valence-corrected chi connectivity index (χ4v) is 3.32. The molecule has 39 heavy (non-hydrogen) atoms. The fraction of sp³-hybridized carbons (Fsp3) is 0.290. The lowest BCUT2D eigenvalue weighted by atomic mass is 10.2. The second-order valence-electron chi connectivity index (χ2n) is 7.34. The van der Waals surface area contributed by atoms with Crippen LogP contribution < -0.4 is 15.4 Å². The lowest BCUT2D eigenvalue weighted by Gasteiger charge is -2.14. The van der Waals surface area contributed by atoms with Crippen molar-refractivity contribution in [1.82, 2.24) is 14.9 Å². The summed E-state index contributed by atoms with van der Waals surface area (Å²) in [6.45, 7) is 12.9. The smallest absolute Gasteiger partial charge is 0.319 e. The van der Waals surface area contributed by atoms with Gasteiger partial charge in [0.1, 0.15) is 5.82 Å². The second kappa shape index (κ2) is 18.8. The number of ether oxygens (including phenoxy) is 1. The summed E-state index contributed by atoms with van der Waals surface area (Å²) < 4.78 is 21.1. The third kappa shape index (κ3) is 10.9. The Morgan fingerprint density at radius 3 is 2.28 bits per heavy atom. The molecule has 0 saturated heterocycles. The van der Waals surface area contributed by atoms with Crippen molar-refractivity contribution < 1.29 is 19.0 Å². The summed E-state index contributed by atoms with van der Waals surface area (Å²) >= 11 is 0. The van der Waals surface area contributed by atoms with Crippen molar-refractivity contribution in [3.8, 4) is 17.2 Å². The quantitative estimate of drug-likeness (QED) is 0.213. The van der Waals surface area contributed by atoms with Gasteiger partial charge >= 0.3 is 6.03 Å². The first-order chi connectivity index (χ1) is 19.1. The number of nitrogens with zero attached hydrogens (tertiary/aromatic N) is 2. The highest BCUT2D eigenvalue weighted by molar-refractivity contribution is 5.91. The summed E-state index contributed by atoms with van der Waals surface area (Å²) in [5, 5.41) is 15.5. The van der Waals surface area contributed by atoms with Crippen LogP contribution in [0.25, 0.3) is 0 Å². The molecule has 0 aliphatic carbocycles. The predicted octanol–water partition coefficient (Wildman–Crippen LogP) is 8.01. The van der Waals surface area contributed by atoms with Gasteiger partial charge in [0.15, 0.2) is 17.2 Å². The van der Waals surface area contributed by atoms with Crippen LogP contribution in [0.1, 0.15) is 52.8 Å². The Morgan fingerprint density at radius 2 is 1.59 bits per heavy atom. The minimum Gasteiger partial charge on any atom is -0.504 e. The van der Waals surface area contributed by atoms with Crippen LogP contribution in [0.5, 0.6) is 17.2 Å². The Hall–Kier alpha value is -4.33. The Labute approximate surface area is 231 Å². The number of anilines is 1. The van der Waals surface area contributed by atoms with Crippen LogP contribution in [0.3, 0.4) is 0 Å². The van der Waals surface area contributed by atoms with E-state index in [9.17, 15) is 14.3 Å². The highest BCUT2D eigenvalue weighted by Gasteiger charge is 2.11. The van der Waals surface area contributed by atoms with E-state index in [0.717, 1.165) is 11.3 Å². The molecule has 0 bridgehead atoms. The van der Waals surface area contributed by atoms with Crippen LogP contribution in [0.4, 0.5) is 14.9 Å². The van der Waals surface area contributed by atoms with Gasteiger partial charge in [-0.15, -0.1) is 0 Å². The van der Waals surface area contributed by atoms with Gasteiger partial charge in [-0.25, -0.2) is 14.2 Å². The summed E-state index contributed by atoms with van der Waals surface area (Å²) in [5.74, 6) is 0.423. The molecule has 0 atom stereocenters. The molecule has 0 aliphatic heterocycles. The Bertz CT molecular complexity index is 1240. The molecule has 8 heteroatoms. The largest absolute Gasteiger partial charge is 0.504 e. The molecule has 0 radical (unpaired) electrons. The highest BCUT2D eigenvalue weighted by atomic mass is 19.1. The van der Waals surface area contributed by atoms with Crippen LogP contribution in [0.15, 0.2) is 85.3 Å². The number of hydrogen-bond acceptors (Lipinski definition) is 4. The van der Waals surface area contributed by atoms with Gasteiger partial charge in [0.2, 0.25) is 0 Å². The monoisotopic (exact) mass is 536 g/mol. The van der Waals surface area contributed by atoms with Crippen molar-refractivity contribution in [2.75, 3.05) is 11.9 Å². The summed E-state index contributed by atoms with van der Waals surface area (Å²) in [6.07, 6.45) is 3.97. The number of halogens is 1. The molecule has 0 unspecified atom stereocenters. The number of amides is 2. The third-order valence-corrected chi connectivity index (χ3v) is 4.93. The number of carbonyl (C=O) groups is 1. The maximum atomic E-state index is 13.4. The van der Waals surface area contributed by atoms with E-state index in [1.165, 1.54) is 18.2 Å². The second-order valence-corrected chi connectivity index (χ2v) is 7.34. The zero-order valence-electron chi connectivity index (χ0n) is 23.7. The van der Waals surface area contributed by atoms with Crippen LogP contribution in [-0.2, 0) is 13.0 Å². The molecule has 3 N–H and O–H groups in total. The number of phenolic OH excluding ortho intramolecular Hbond substituents is 1. The average Bonchev–Trinajstić information content (AvgIpc) is 3.41. The summed E-state index contributed by atoms with van der Waals surface area (Å²) in [7, 11) is 0. The zero-order valence-corrected chi connectivity index (χ0v) is 23.7. The summed E-state index contributed by atoms with van der Waals surface area (Å²) in [6, 6.07) is 19.6. The molecule has 3 aromatic carbocycles. The minimum absolute atomic E-state index is 0.00612. The number of aromatic hydroxyl groups is 1. The van der Waals surface area contributed by atoms with Crippen molar-refractivity contribution in [2.45, 2.75) is 54.5 Å². The van der Waals surface area contributed by atoms with Crippen molar-refractivity contribution in [3.63, 3.8) is 0 Å². The van der Waals surface area contributed by atoms with E-state index in [-0.39, 0.29) is 17.6 Å². The molecule has 1 aromatic heterocycles. The number of rotatable bonds is 8. The first-order valence-corrected chi connectivity index (χ1v) is 13.4. The standard InChI is InChI=1S/C25H23FN4O3.3C2H6/c26-19-7-5-6-18(14-19)16-30-17-27-15-20(30)12-13-28-25(32)29-21-8-1-3-10-23(21)33-24-11-4-2-9-22(24)31;3*1-2/h1-11,14-15,17,31H,12-13,16H2,(H2,28,29,32);3*1-2H3. The highest BCUT2D eigenvalue weighted by Crippen LogP contribution is 2.34. The maximum Gasteiger partial charge on any atom is 0.319 e. The van der Waals surface area contributed by atoms with Crippen molar-refractivity contribution >= 4 is 11.7 Å². The normalized spacial score (nSPS) is 9.41. The van der Waals surface area contributed by atoms with E-state index in [4.69, 9.17) is 4.74 Å². The molecule has 0 saturated carbocycles. The average molecular weight is 537 g/mol. The molecular formula is C31H41FN4O3. The number of imidazole rings is 1. The van der Waals surface area contributed by atoms with Crippen molar-refractivity contribution in [1.29, 1.82) is 0 Å². The number of nitrogens with one attached hydrogen (secondary N) is 2. The lowest BCUT2D eigenvalue weighted by Crippen LogP contribution is -2.30. The number of aromatic nitrogens is 2. The van der Waals surface area contributed by atoms with E-state index >= 15 is 0 Å². The van der Waals surface area contributed by atoms with Gasteiger partial charge < -0.3 is 25.0 Å². The van der Waals surface area contributed by atoms with Gasteiger partial charge in [0.25, 0.3) is 0 Å². The molecular weight excluding hydrogens is 495 g/mol. The molecule has 210 valence electrons. The SMILES string of the molecule is CC.CC.CC.O=C(NCCc1cncn1Cc1cccc(F)c1)Nc1ccccc1Oc1ccccc1O. The maximum absolute atomic E-state index is 13.4. The van der Waals surface area contributed by atoms with Crippen LogP contribution >= 0.6 is 0 Å². The van der Waals surface area contributed by atoms with Gasteiger partial charge in [-0.1, -0.05) is 77.9 Å². The molecule has 2 amide bonds. The topological polar surface area (TPSA) is 88.4 Å². The molecule has 7 nitrogen and oxygen atoms in total. The van der Waals surface area contributed by atoms with Crippen molar-refractivity contribution in [3.05, 3.63) is 102 Å². The summed E-state index contributed by atoms with van der Waals surface area (Å²) in [5.41, 5.74) is 2.22. The molecule has 0 spiro atoms. The number of hydrogen-bond donors (Lipinski definition) is 3. The van der Waals surface area contributed by atoms with E-state index < -0.39 is 0 Å². The van der Waals surface area contributed by atoms with Gasteiger partial charge in [0, 0.05) is 31.4 Å². The Kier molecular flexibility index (Phi) is 15.8. The Morgan fingerprint density at radius 1 is 0.923 bits per heavy atom. The van der Waals surface area contributed by atoms with Gasteiger partial charge in [-0.2, -0.15) is 0 Å². The summed E-state index contributed by atoms with van der Waals surface area (Å²) in [4.78, 5) is 16.6. The fourth-order valence-electron chi connectivity index (χ4n) is 3.32. The third-order valence-electron chi connectivity index (χ3n) is 4.93. The minimum atomic E-state index is -0.389. The number of benzene rings is 3. The van der Waals surface area contributed by atoms with Gasteiger partial charge in [-0.3, -0.25) is 0 Å². The molecule has 1 heterocycles. The van der Waals surface area contributed by atoms with E-state index in [1.54, 1.807) is 61.1 Å². The van der Waals surface area contributed by atoms with E-state index in [1.807, 2.05) is 52.2 Å². The number of urea groups is 1. The Balaban J connectivity index is 0.00000119. The first-order valence-electron chi connectivity index (χ1n) is 13.4. The number of para-hydroxylation sites is 4. The van der Waals surface area contributed by atoms with Gasteiger partial charge in [-0.05, 0) is 42.0 Å². The first kappa shape index (κ1) is 32.7. The molecule has 4 aromatic rings. The zero-order chi connectivity index (χ0) is 29.0.